The van der Waals surface area contributed by atoms with E-state index in [0.717, 1.165) is 19.5 Å². The van der Waals surface area contributed by atoms with Crippen molar-refractivity contribution in [3.05, 3.63) is 34.9 Å². The average molecular weight is 234 g/mol. The molecule has 0 spiro atoms. The fraction of sp³-hybridized carbons (Fsp3) is 0.600. The van der Waals surface area contributed by atoms with Gasteiger partial charge in [-0.15, -0.1) is 0 Å². The molecule has 0 radical (unpaired) electrons. The van der Waals surface area contributed by atoms with Crippen molar-refractivity contribution < 1.29 is 0 Å². The van der Waals surface area contributed by atoms with Crippen molar-refractivity contribution in [1.29, 1.82) is 0 Å². The molecule has 2 heteroatoms. The van der Waals surface area contributed by atoms with Crippen LogP contribution in [-0.4, -0.2) is 38.6 Å². The van der Waals surface area contributed by atoms with E-state index in [0.29, 0.717) is 0 Å². The van der Waals surface area contributed by atoms with Crippen LogP contribution < -0.4 is 5.32 Å². The molecule has 0 saturated carbocycles. The van der Waals surface area contributed by atoms with Gasteiger partial charge in [0.1, 0.15) is 0 Å². The van der Waals surface area contributed by atoms with Crippen molar-refractivity contribution in [1.82, 2.24) is 10.2 Å². The van der Waals surface area contributed by atoms with Crippen LogP contribution in [0.15, 0.2) is 18.2 Å². The number of hydrogen-bond acceptors (Lipinski definition) is 2. The number of hydrogen-bond donors (Lipinski definition) is 1. The smallest absolute Gasteiger partial charge is 0.00189 e. The zero-order valence-electron chi connectivity index (χ0n) is 11.7. The predicted octanol–water partition coefficient (Wildman–Crippen LogP) is 2.39. The van der Waals surface area contributed by atoms with E-state index >= 15 is 0 Å². The SMILES string of the molecule is CNCCCN(C)CCc1cc(C)ccc1C. The second-order valence-electron chi connectivity index (χ2n) is 4.94. The Morgan fingerprint density at radius 2 is 1.94 bits per heavy atom. The van der Waals surface area contributed by atoms with Gasteiger partial charge in [0.15, 0.2) is 0 Å². The molecule has 0 unspecified atom stereocenters. The molecule has 1 rings (SSSR count). The minimum atomic E-state index is 1.10. The molecule has 0 saturated heterocycles. The summed E-state index contributed by atoms with van der Waals surface area (Å²) >= 11 is 0. The standard InChI is InChI=1S/C15H26N2/c1-13-6-7-14(2)15(12-13)8-11-17(4)10-5-9-16-3/h6-7,12,16H,5,8-11H2,1-4H3. The lowest BCUT2D eigenvalue weighted by atomic mass is 10.0. The Balaban J connectivity index is 2.36. The number of likely N-dealkylation sites (N-methyl/N-ethyl adjacent to an activating group) is 1. The van der Waals surface area contributed by atoms with Crippen LogP contribution in [0.4, 0.5) is 0 Å². The minimum Gasteiger partial charge on any atom is -0.320 e. The quantitative estimate of drug-likeness (QED) is 0.729. The lowest BCUT2D eigenvalue weighted by Crippen LogP contribution is -2.25. The van der Waals surface area contributed by atoms with E-state index in [-0.39, 0.29) is 0 Å². The van der Waals surface area contributed by atoms with E-state index in [9.17, 15) is 0 Å². The molecule has 1 N–H and O–H groups in total. The maximum absolute atomic E-state index is 3.19. The first-order valence-electron chi connectivity index (χ1n) is 6.52. The van der Waals surface area contributed by atoms with Crippen molar-refractivity contribution in [3.8, 4) is 0 Å². The van der Waals surface area contributed by atoms with Gasteiger partial charge in [0, 0.05) is 6.54 Å². The van der Waals surface area contributed by atoms with E-state index in [1.165, 1.54) is 29.7 Å². The van der Waals surface area contributed by atoms with Crippen molar-refractivity contribution in [2.45, 2.75) is 26.7 Å². The molecule has 0 heterocycles. The van der Waals surface area contributed by atoms with Gasteiger partial charge in [-0.1, -0.05) is 23.8 Å². The zero-order valence-corrected chi connectivity index (χ0v) is 11.7. The first-order valence-corrected chi connectivity index (χ1v) is 6.52. The van der Waals surface area contributed by atoms with Crippen LogP contribution in [0.5, 0.6) is 0 Å². The summed E-state index contributed by atoms with van der Waals surface area (Å²) in [6.45, 7) is 7.79. The monoisotopic (exact) mass is 234 g/mol. The number of nitrogens with zero attached hydrogens (tertiary/aromatic N) is 1. The van der Waals surface area contributed by atoms with E-state index in [1.54, 1.807) is 0 Å². The normalized spacial score (nSPS) is 11.1. The fourth-order valence-electron chi connectivity index (χ4n) is 2.02. The van der Waals surface area contributed by atoms with Crippen LogP contribution in [0.1, 0.15) is 23.1 Å². The zero-order chi connectivity index (χ0) is 12.7. The Hall–Kier alpha value is -0.860. The third-order valence-corrected chi connectivity index (χ3v) is 3.23. The van der Waals surface area contributed by atoms with Gasteiger partial charge in [-0.25, -0.2) is 0 Å². The highest BCUT2D eigenvalue weighted by atomic mass is 15.1. The third kappa shape index (κ3) is 5.33. The van der Waals surface area contributed by atoms with E-state index in [2.05, 4.69) is 49.3 Å². The maximum Gasteiger partial charge on any atom is 0.00189 e. The molecule has 96 valence electrons. The molecule has 0 fully saturated rings. The molecular weight excluding hydrogens is 208 g/mol. The van der Waals surface area contributed by atoms with Gasteiger partial charge < -0.3 is 10.2 Å². The average Bonchev–Trinajstić information content (AvgIpc) is 2.31. The molecule has 0 aromatic heterocycles. The second kappa shape index (κ2) is 7.46. The highest BCUT2D eigenvalue weighted by molar-refractivity contribution is 5.30. The van der Waals surface area contributed by atoms with Gasteiger partial charge in [-0.2, -0.15) is 0 Å². The predicted molar refractivity (Wildman–Crippen MR) is 75.7 cm³/mol. The van der Waals surface area contributed by atoms with Gasteiger partial charge in [0.05, 0.1) is 0 Å². The Kier molecular flexibility index (Phi) is 6.23. The molecule has 0 aliphatic carbocycles. The first kappa shape index (κ1) is 14.2. The topological polar surface area (TPSA) is 15.3 Å². The van der Waals surface area contributed by atoms with Gasteiger partial charge in [0.25, 0.3) is 0 Å². The van der Waals surface area contributed by atoms with Crippen molar-refractivity contribution >= 4 is 0 Å². The van der Waals surface area contributed by atoms with Crippen LogP contribution in [0.25, 0.3) is 0 Å². The van der Waals surface area contributed by atoms with Crippen LogP contribution in [0, 0.1) is 13.8 Å². The number of rotatable bonds is 7. The van der Waals surface area contributed by atoms with E-state index < -0.39 is 0 Å². The summed E-state index contributed by atoms with van der Waals surface area (Å²) in [6, 6.07) is 6.73. The molecule has 0 amide bonds. The number of aryl methyl sites for hydroxylation is 2. The van der Waals surface area contributed by atoms with Gasteiger partial charge in [-0.3, -0.25) is 0 Å². The summed E-state index contributed by atoms with van der Waals surface area (Å²) in [5.41, 5.74) is 4.27. The summed E-state index contributed by atoms with van der Waals surface area (Å²) < 4.78 is 0. The highest BCUT2D eigenvalue weighted by Gasteiger charge is 2.02. The third-order valence-electron chi connectivity index (χ3n) is 3.23. The van der Waals surface area contributed by atoms with Gasteiger partial charge >= 0.3 is 0 Å². The number of benzene rings is 1. The first-order chi connectivity index (χ1) is 8.13. The Labute approximate surface area is 106 Å². The number of nitrogens with one attached hydrogen (secondary N) is 1. The van der Waals surface area contributed by atoms with E-state index in [1.807, 2.05) is 7.05 Å². The Morgan fingerprint density at radius 3 is 2.65 bits per heavy atom. The second-order valence-corrected chi connectivity index (χ2v) is 4.94. The lowest BCUT2D eigenvalue weighted by molar-refractivity contribution is 0.332. The van der Waals surface area contributed by atoms with Gasteiger partial charge in [0.2, 0.25) is 0 Å². The summed E-state index contributed by atoms with van der Waals surface area (Å²) in [6.07, 6.45) is 2.38. The molecule has 0 aliphatic heterocycles. The molecule has 17 heavy (non-hydrogen) atoms. The van der Waals surface area contributed by atoms with Crippen LogP contribution in [0.2, 0.25) is 0 Å². The molecule has 2 nitrogen and oxygen atoms in total. The van der Waals surface area contributed by atoms with E-state index in [4.69, 9.17) is 0 Å². The summed E-state index contributed by atoms with van der Waals surface area (Å²) in [5.74, 6) is 0. The van der Waals surface area contributed by atoms with Crippen LogP contribution >= 0.6 is 0 Å². The fourth-order valence-corrected chi connectivity index (χ4v) is 2.02. The highest BCUT2D eigenvalue weighted by Crippen LogP contribution is 2.11. The Bertz CT molecular complexity index is 334. The van der Waals surface area contributed by atoms with Gasteiger partial charge in [-0.05, 0) is 65.0 Å². The minimum absolute atomic E-state index is 1.10. The summed E-state index contributed by atoms with van der Waals surface area (Å²) in [4.78, 5) is 2.42. The molecular formula is C15H26N2. The van der Waals surface area contributed by atoms with Crippen molar-refractivity contribution in [3.63, 3.8) is 0 Å². The Morgan fingerprint density at radius 1 is 1.18 bits per heavy atom. The molecule has 1 aromatic carbocycles. The maximum atomic E-state index is 3.19. The van der Waals surface area contributed by atoms with Crippen molar-refractivity contribution in [2.24, 2.45) is 0 Å². The molecule has 0 atom stereocenters. The van der Waals surface area contributed by atoms with Crippen LogP contribution in [0.3, 0.4) is 0 Å². The summed E-state index contributed by atoms with van der Waals surface area (Å²) in [5, 5.41) is 3.19. The largest absolute Gasteiger partial charge is 0.320 e. The molecule has 1 aromatic rings. The molecule has 0 bridgehead atoms. The van der Waals surface area contributed by atoms with Crippen LogP contribution in [-0.2, 0) is 6.42 Å². The van der Waals surface area contributed by atoms with Crippen molar-refractivity contribution in [2.75, 3.05) is 33.7 Å². The summed E-state index contributed by atoms with van der Waals surface area (Å²) in [7, 11) is 4.22. The molecule has 0 aliphatic rings. The lowest BCUT2D eigenvalue weighted by Gasteiger charge is -2.17.